The summed E-state index contributed by atoms with van der Waals surface area (Å²) in [6.07, 6.45) is -0.595. The van der Waals surface area contributed by atoms with Crippen LogP contribution >= 0.6 is 0 Å². The molecule has 7 heteroatoms. The SMILES string of the molecule is C[C@H]1CCC[C@H]1N.O=CNc1ccc(F)c(C(F)(F)F)c1. The van der Waals surface area contributed by atoms with E-state index in [1.54, 1.807) is 0 Å². The van der Waals surface area contributed by atoms with Crippen molar-refractivity contribution in [2.24, 2.45) is 11.7 Å². The molecule has 2 rings (SSSR count). The van der Waals surface area contributed by atoms with Gasteiger partial charge in [0, 0.05) is 11.7 Å². The lowest BCUT2D eigenvalue weighted by Crippen LogP contribution is -2.21. The van der Waals surface area contributed by atoms with Crippen molar-refractivity contribution >= 4 is 12.1 Å². The summed E-state index contributed by atoms with van der Waals surface area (Å²) in [5, 5.41) is 2.00. The van der Waals surface area contributed by atoms with Crippen LogP contribution < -0.4 is 11.1 Å². The van der Waals surface area contributed by atoms with E-state index < -0.39 is 17.6 Å². The molecule has 3 nitrogen and oxygen atoms in total. The zero-order chi connectivity index (χ0) is 16.0. The Kier molecular flexibility index (Phi) is 6.14. The van der Waals surface area contributed by atoms with Crippen molar-refractivity contribution in [3.8, 4) is 0 Å². The summed E-state index contributed by atoms with van der Waals surface area (Å²) in [5.41, 5.74) is 4.18. The number of halogens is 4. The minimum atomic E-state index is -4.76. The van der Waals surface area contributed by atoms with Gasteiger partial charge in [0.05, 0.1) is 5.56 Å². The third-order valence-corrected chi connectivity index (χ3v) is 3.43. The summed E-state index contributed by atoms with van der Waals surface area (Å²) >= 11 is 0. The molecule has 0 aliphatic heterocycles. The van der Waals surface area contributed by atoms with Crippen LogP contribution in [0.4, 0.5) is 23.2 Å². The molecule has 0 heterocycles. The predicted octanol–water partition coefficient (Wildman–Crippen LogP) is 3.55. The lowest BCUT2D eigenvalue weighted by Gasteiger charge is -2.09. The highest BCUT2D eigenvalue weighted by Gasteiger charge is 2.34. The Balaban J connectivity index is 0.000000262. The molecular formula is C14H18F4N2O. The molecule has 1 aliphatic rings. The van der Waals surface area contributed by atoms with Gasteiger partial charge < -0.3 is 11.1 Å². The molecule has 1 saturated carbocycles. The first kappa shape index (κ1) is 17.4. The molecule has 0 saturated heterocycles. The van der Waals surface area contributed by atoms with E-state index in [0.29, 0.717) is 18.2 Å². The number of carbonyl (C=O) groups is 1. The van der Waals surface area contributed by atoms with Crippen molar-refractivity contribution in [3.63, 3.8) is 0 Å². The van der Waals surface area contributed by atoms with Crippen molar-refractivity contribution in [2.45, 2.75) is 38.4 Å². The Labute approximate surface area is 120 Å². The molecule has 1 fully saturated rings. The van der Waals surface area contributed by atoms with E-state index in [4.69, 9.17) is 5.73 Å². The topological polar surface area (TPSA) is 55.1 Å². The fraction of sp³-hybridized carbons (Fsp3) is 0.500. The number of alkyl halides is 3. The van der Waals surface area contributed by atoms with E-state index in [2.05, 4.69) is 6.92 Å². The predicted molar refractivity (Wildman–Crippen MR) is 72.1 cm³/mol. The van der Waals surface area contributed by atoms with Crippen LogP contribution in [-0.2, 0) is 11.0 Å². The van der Waals surface area contributed by atoms with Gasteiger partial charge in [0.25, 0.3) is 0 Å². The van der Waals surface area contributed by atoms with E-state index in [1.165, 1.54) is 19.3 Å². The first-order chi connectivity index (χ1) is 9.75. The summed E-state index contributed by atoms with van der Waals surface area (Å²) in [7, 11) is 0. The van der Waals surface area contributed by atoms with E-state index in [1.807, 2.05) is 5.32 Å². The zero-order valence-electron chi connectivity index (χ0n) is 11.6. The highest BCUT2D eigenvalue weighted by atomic mass is 19.4. The summed E-state index contributed by atoms with van der Waals surface area (Å²) in [5.74, 6) is -0.575. The normalized spacial score (nSPS) is 21.4. The largest absolute Gasteiger partial charge is 0.419 e. The summed E-state index contributed by atoms with van der Waals surface area (Å²) in [4.78, 5) is 9.93. The number of amides is 1. The standard InChI is InChI=1S/C8H5F4NO.C6H13N/c9-7-2-1-5(13-4-14)3-6(7)8(10,11)12;1-5-3-2-4-6(5)7/h1-4H,(H,13,14);5-6H,2-4,7H2,1H3/t;5-,6+/m.0/s1. The van der Waals surface area contributed by atoms with Crippen LogP contribution in [0.3, 0.4) is 0 Å². The van der Waals surface area contributed by atoms with Crippen molar-refractivity contribution in [1.82, 2.24) is 0 Å². The molecule has 1 aromatic carbocycles. The Morgan fingerprint density at radius 1 is 1.33 bits per heavy atom. The number of nitrogens with two attached hydrogens (primary N) is 1. The zero-order valence-corrected chi connectivity index (χ0v) is 11.6. The fourth-order valence-electron chi connectivity index (χ4n) is 2.07. The van der Waals surface area contributed by atoms with Gasteiger partial charge in [0.1, 0.15) is 5.82 Å². The third-order valence-electron chi connectivity index (χ3n) is 3.43. The van der Waals surface area contributed by atoms with Crippen LogP contribution in [-0.4, -0.2) is 12.5 Å². The maximum absolute atomic E-state index is 12.7. The Hall–Kier alpha value is -1.63. The summed E-state index contributed by atoms with van der Waals surface area (Å²) in [6.45, 7) is 2.23. The van der Waals surface area contributed by atoms with E-state index in [9.17, 15) is 22.4 Å². The monoisotopic (exact) mass is 306 g/mol. The smallest absolute Gasteiger partial charge is 0.329 e. The van der Waals surface area contributed by atoms with Gasteiger partial charge in [0.15, 0.2) is 0 Å². The van der Waals surface area contributed by atoms with Gasteiger partial charge in [0.2, 0.25) is 6.41 Å². The lowest BCUT2D eigenvalue weighted by atomic mass is 10.1. The molecule has 0 unspecified atom stereocenters. The quantitative estimate of drug-likeness (QED) is 0.648. The van der Waals surface area contributed by atoms with Crippen molar-refractivity contribution in [2.75, 3.05) is 5.32 Å². The van der Waals surface area contributed by atoms with Gasteiger partial charge in [-0.3, -0.25) is 4.79 Å². The number of benzene rings is 1. The Morgan fingerprint density at radius 2 is 2.00 bits per heavy atom. The molecule has 1 amide bonds. The number of carbonyl (C=O) groups excluding carboxylic acids is 1. The average molecular weight is 306 g/mol. The summed E-state index contributed by atoms with van der Waals surface area (Å²) < 4.78 is 49.0. The molecule has 1 aromatic rings. The number of nitrogens with one attached hydrogen (secondary N) is 1. The molecule has 0 spiro atoms. The number of hydrogen-bond donors (Lipinski definition) is 2. The maximum atomic E-state index is 12.7. The Morgan fingerprint density at radius 3 is 2.38 bits per heavy atom. The van der Waals surface area contributed by atoms with Crippen LogP contribution in [0.1, 0.15) is 31.7 Å². The van der Waals surface area contributed by atoms with Crippen LogP contribution in [0.2, 0.25) is 0 Å². The second kappa shape index (κ2) is 7.40. The second-order valence-electron chi connectivity index (χ2n) is 5.03. The number of hydrogen-bond acceptors (Lipinski definition) is 2. The highest BCUT2D eigenvalue weighted by Crippen LogP contribution is 2.32. The van der Waals surface area contributed by atoms with Gasteiger partial charge in [-0.25, -0.2) is 4.39 Å². The number of rotatable bonds is 2. The third kappa shape index (κ3) is 5.34. The van der Waals surface area contributed by atoms with E-state index in [-0.39, 0.29) is 12.1 Å². The molecular weight excluding hydrogens is 288 g/mol. The van der Waals surface area contributed by atoms with Gasteiger partial charge in [-0.05, 0) is 37.0 Å². The summed E-state index contributed by atoms with van der Waals surface area (Å²) in [6, 6.07) is 2.73. The van der Waals surface area contributed by atoms with E-state index in [0.717, 1.165) is 12.0 Å². The fourth-order valence-corrected chi connectivity index (χ4v) is 2.07. The molecule has 0 radical (unpaired) electrons. The molecule has 0 aromatic heterocycles. The highest BCUT2D eigenvalue weighted by molar-refractivity contribution is 5.71. The molecule has 1 aliphatic carbocycles. The number of anilines is 1. The van der Waals surface area contributed by atoms with Gasteiger partial charge in [-0.1, -0.05) is 13.3 Å². The van der Waals surface area contributed by atoms with Crippen molar-refractivity contribution in [3.05, 3.63) is 29.6 Å². The first-order valence-corrected chi connectivity index (χ1v) is 6.58. The average Bonchev–Trinajstić information content (AvgIpc) is 2.76. The van der Waals surface area contributed by atoms with Gasteiger partial charge in [-0.15, -0.1) is 0 Å². The lowest BCUT2D eigenvalue weighted by molar-refractivity contribution is -0.140. The van der Waals surface area contributed by atoms with E-state index >= 15 is 0 Å². The molecule has 118 valence electrons. The maximum Gasteiger partial charge on any atom is 0.419 e. The minimum Gasteiger partial charge on any atom is -0.329 e. The van der Waals surface area contributed by atoms with Crippen molar-refractivity contribution in [1.29, 1.82) is 0 Å². The van der Waals surface area contributed by atoms with Gasteiger partial charge >= 0.3 is 6.18 Å². The van der Waals surface area contributed by atoms with Crippen LogP contribution in [0.15, 0.2) is 18.2 Å². The van der Waals surface area contributed by atoms with Crippen LogP contribution in [0, 0.1) is 11.7 Å². The van der Waals surface area contributed by atoms with Crippen molar-refractivity contribution < 1.29 is 22.4 Å². The minimum absolute atomic E-state index is 0.103. The Bertz CT molecular complexity index is 469. The molecule has 0 bridgehead atoms. The van der Waals surface area contributed by atoms with Crippen LogP contribution in [0.5, 0.6) is 0 Å². The first-order valence-electron chi connectivity index (χ1n) is 6.58. The van der Waals surface area contributed by atoms with Gasteiger partial charge in [-0.2, -0.15) is 13.2 Å². The van der Waals surface area contributed by atoms with Crippen LogP contribution in [0.25, 0.3) is 0 Å². The molecule has 3 N–H and O–H groups in total. The molecule has 2 atom stereocenters. The second-order valence-corrected chi connectivity index (χ2v) is 5.03. The molecule has 21 heavy (non-hydrogen) atoms.